The van der Waals surface area contributed by atoms with Crippen LogP contribution in [-0.2, 0) is 6.54 Å². The van der Waals surface area contributed by atoms with E-state index in [-0.39, 0.29) is 11.6 Å². The predicted molar refractivity (Wildman–Crippen MR) is 87.3 cm³/mol. The first-order valence-corrected chi connectivity index (χ1v) is 8.21. The highest BCUT2D eigenvalue weighted by atomic mass is 79.9. The van der Waals surface area contributed by atoms with E-state index in [2.05, 4.69) is 66.0 Å². The molecular formula is C14H28BrN5. The van der Waals surface area contributed by atoms with Gasteiger partial charge in [0.2, 0.25) is 0 Å². The van der Waals surface area contributed by atoms with E-state index in [4.69, 9.17) is 5.84 Å². The molecule has 0 radical (unpaired) electrons. The van der Waals surface area contributed by atoms with Crippen LogP contribution in [0.2, 0.25) is 0 Å². The van der Waals surface area contributed by atoms with Crippen LogP contribution >= 0.6 is 15.9 Å². The Morgan fingerprint density at radius 2 is 2.00 bits per heavy atom. The standard InChI is InChI=1S/C14H28BrN5/c1-6-14(5,19(7-2)8-3)13(18-16)12-11(15)10-17-20(12)9-4/h10,13,18H,6-9,16H2,1-5H3. The maximum absolute atomic E-state index is 5.93. The first kappa shape index (κ1) is 17.6. The zero-order valence-electron chi connectivity index (χ0n) is 13.3. The Hall–Kier alpha value is -0.430. The molecule has 0 spiro atoms. The van der Waals surface area contributed by atoms with Crippen LogP contribution in [0.3, 0.4) is 0 Å². The Morgan fingerprint density at radius 3 is 2.40 bits per heavy atom. The molecule has 0 aliphatic carbocycles. The molecular weight excluding hydrogens is 318 g/mol. The molecule has 5 nitrogen and oxygen atoms in total. The molecule has 0 amide bonds. The molecule has 116 valence electrons. The smallest absolute Gasteiger partial charge is 0.0821 e. The molecule has 0 saturated carbocycles. The molecule has 1 aromatic heterocycles. The van der Waals surface area contributed by atoms with Crippen LogP contribution < -0.4 is 11.3 Å². The Bertz CT molecular complexity index is 416. The maximum atomic E-state index is 5.93. The third-order valence-corrected chi connectivity index (χ3v) is 5.01. The summed E-state index contributed by atoms with van der Waals surface area (Å²) in [5.74, 6) is 5.93. The third kappa shape index (κ3) is 3.08. The summed E-state index contributed by atoms with van der Waals surface area (Å²) in [6.07, 6.45) is 2.85. The van der Waals surface area contributed by atoms with E-state index in [0.29, 0.717) is 0 Å². The topological polar surface area (TPSA) is 59.1 Å². The van der Waals surface area contributed by atoms with Crippen molar-refractivity contribution in [3.63, 3.8) is 0 Å². The number of nitrogens with one attached hydrogen (secondary N) is 1. The number of hydrogen-bond acceptors (Lipinski definition) is 4. The van der Waals surface area contributed by atoms with E-state index in [0.717, 1.165) is 36.2 Å². The van der Waals surface area contributed by atoms with Crippen molar-refractivity contribution in [2.45, 2.75) is 59.2 Å². The van der Waals surface area contributed by atoms with Crippen molar-refractivity contribution < 1.29 is 0 Å². The van der Waals surface area contributed by atoms with Crippen molar-refractivity contribution in [3.05, 3.63) is 16.4 Å². The minimum Gasteiger partial charge on any atom is -0.296 e. The zero-order valence-corrected chi connectivity index (χ0v) is 14.9. The van der Waals surface area contributed by atoms with Crippen LogP contribution in [-0.4, -0.2) is 33.3 Å². The lowest BCUT2D eigenvalue weighted by Crippen LogP contribution is -2.56. The number of rotatable bonds is 8. The monoisotopic (exact) mass is 345 g/mol. The van der Waals surface area contributed by atoms with Gasteiger partial charge in [0.15, 0.2) is 0 Å². The molecule has 0 fully saturated rings. The van der Waals surface area contributed by atoms with E-state index in [1.54, 1.807) is 0 Å². The minimum absolute atomic E-state index is 0.0178. The average Bonchev–Trinajstić information content (AvgIpc) is 2.82. The van der Waals surface area contributed by atoms with Crippen molar-refractivity contribution in [1.82, 2.24) is 20.1 Å². The van der Waals surface area contributed by atoms with Gasteiger partial charge in [0.05, 0.1) is 22.4 Å². The molecule has 1 rings (SSSR count). The van der Waals surface area contributed by atoms with Gasteiger partial charge in [-0.3, -0.25) is 15.4 Å². The van der Waals surface area contributed by atoms with Crippen molar-refractivity contribution >= 4 is 15.9 Å². The highest BCUT2D eigenvalue weighted by molar-refractivity contribution is 9.10. The molecule has 2 atom stereocenters. The normalized spacial score (nSPS) is 16.4. The largest absolute Gasteiger partial charge is 0.296 e. The van der Waals surface area contributed by atoms with Gasteiger partial charge >= 0.3 is 0 Å². The van der Waals surface area contributed by atoms with Gasteiger partial charge in [0, 0.05) is 12.1 Å². The van der Waals surface area contributed by atoms with Crippen molar-refractivity contribution in [2.75, 3.05) is 13.1 Å². The maximum Gasteiger partial charge on any atom is 0.0821 e. The van der Waals surface area contributed by atoms with Gasteiger partial charge in [-0.05, 0) is 49.3 Å². The molecule has 1 heterocycles. The second kappa shape index (κ2) is 7.54. The second-order valence-corrected chi connectivity index (χ2v) is 6.03. The number of aryl methyl sites for hydroxylation is 1. The first-order valence-electron chi connectivity index (χ1n) is 7.42. The number of aromatic nitrogens is 2. The summed E-state index contributed by atoms with van der Waals surface area (Å²) in [7, 11) is 0. The van der Waals surface area contributed by atoms with Gasteiger partial charge in [-0.15, -0.1) is 0 Å². The number of halogens is 1. The lowest BCUT2D eigenvalue weighted by Gasteiger charge is -2.45. The van der Waals surface area contributed by atoms with Gasteiger partial charge < -0.3 is 0 Å². The van der Waals surface area contributed by atoms with Crippen molar-refractivity contribution in [3.8, 4) is 0 Å². The summed E-state index contributed by atoms with van der Waals surface area (Å²) in [5, 5.41) is 4.42. The summed E-state index contributed by atoms with van der Waals surface area (Å²) in [6, 6.07) is 0.0178. The van der Waals surface area contributed by atoms with Crippen LogP contribution in [0.15, 0.2) is 10.7 Å². The van der Waals surface area contributed by atoms with E-state index in [1.165, 1.54) is 0 Å². The van der Waals surface area contributed by atoms with E-state index >= 15 is 0 Å². The Kier molecular flexibility index (Phi) is 6.64. The summed E-state index contributed by atoms with van der Waals surface area (Å²) < 4.78 is 3.01. The first-order chi connectivity index (χ1) is 9.49. The molecule has 0 aromatic carbocycles. The third-order valence-electron chi connectivity index (χ3n) is 4.40. The van der Waals surface area contributed by atoms with Crippen LogP contribution in [0, 0.1) is 0 Å². The quantitative estimate of drug-likeness (QED) is 0.561. The molecule has 3 N–H and O–H groups in total. The van der Waals surface area contributed by atoms with Crippen LogP contribution in [0.1, 0.15) is 52.8 Å². The zero-order chi connectivity index (χ0) is 15.3. The van der Waals surface area contributed by atoms with Crippen molar-refractivity contribution in [2.24, 2.45) is 5.84 Å². The van der Waals surface area contributed by atoms with Crippen molar-refractivity contribution in [1.29, 1.82) is 0 Å². The molecule has 0 saturated heterocycles. The summed E-state index contributed by atoms with van der Waals surface area (Å²) in [4.78, 5) is 2.46. The average molecular weight is 346 g/mol. The fraction of sp³-hybridized carbons (Fsp3) is 0.786. The lowest BCUT2D eigenvalue weighted by atomic mass is 9.85. The predicted octanol–water partition coefficient (Wildman–Crippen LogP) is 2.68. The van der Waals surface area contributed by atoms with Crippen LogP contribution in [0.4, 0.5) is 0 Å². The highest BCUT2D eigenvalue weighted by Crippen LogP contribution is 2.36. The Labute approximate surface area is 131 Å². The minimum atomic E-state index is -0.0618. The summed E-state index contributed by atoms with van der Waals surface area (Å²) in [5.41, 5.74) is 4.08. The summed E-state index contributed by atoms with van der Waals surface area (Å²) in [6.45, 7) is 13.8. The molecule has 2 unspecified atom stereocenters. The molecule has 1 aromatic rings. The lowest BCUT2D eigenvalue weighted by molar-refractivity contribution is 0.0662. The van der Waals surface area contributed by atoms with Gasteiger partial charge in [-0.1, -0.05) is 20.8 Å². The Morgan fingerprint density at radius 1 is 1.40 bits per heavy atom. The highest BCUT2D eigenvalue weighted by Gasteiger charge is 2.40. The van der Waals surface area contributed by atoms with E-state index < -0.39 is 0 Å². The second-order valence-electron chi connectivity index (χ2n) is 5.18. The molecule has 0 aliphatic heterocycles. The fourth-order valence-electron chi connectivity index (χ4n) is 3.02. The van der Waals surface area contributed by atoms with E-state index in [1.807, 2.05) is 10.9 Å². The number of hydrazine groups is 1. The Balaban J connectivity index is 3.31. The number of hydrogen-bond donors (Lipinski definition) is 2. The molecule has 6 heteroatoms. The van der Waals surface area contributed by atoms with E-state index in [9.17, 15) is 0 Å². The SMILES string of the molecule is CCN(CC)C(C)(CC)C(NN)c1c(Br)cnn1CC. The number of nitrogens with zero attached hydrogens (tertiary/aromatic N) is 3. The molecule has 0 bridgehead atoms. The van der Waals surface area contributed by atoms with Gasteiger partial charge in [-0.2, -0.15) is 5.10 Å². The van der Waals surface area contributed by atoms with Crippen LogP contribution in [0.5, 0.6) is 0 Å². The molecule has 0 aliphatic rings. The number of likely N-dealkylation sites (N-methyl/N-ethyl adjacent to an activating group) is 1. The molecule has 20 heavy (non-hydrogen) atoms. The van der Waals surface area contributed by atoms with Gasteiger partial charge in [0.25, 0.3) is 0 Å². The number of nitrogens with two attached hydrogens (primary N) is 1. The fourth-order valence-corrected chi connectivity index (χ4v) is 3.55. The summed E-state index contributed by atoms with van der Waals surface area (Å²) >= 11 is 3.62. The van der Waals surface area contributed by atoms with Gasteiger partial charge in [-0.25, -0.2) is 5.43 Å². The van der Waals surface area contributed by atoms with Crippen LogP contribution in [0.25, 0.3) is 0 Å². The van der Waals surface area contributed by atoms with Gasteiger partial charge in [0.1, 0.15) is 0 Å².